The van der Waals surface area contributed by atoms with Crippen molar-refractivity contribution in [3.8, 4) is 0 Å². The summed E-state index contributed by atoms with van der Waals surface area (Å²) in [5, 5.41) is 0. The number of hydrogen-bond donors (Lipinski definition) is 0. The summed E-state index contributed by atoms with van der Waals surface area (Å²) in [5.74, 6) is 0.561. The Balaban J connectivity index is 5.42. The lowest BCUT2D eigenvalue weighted by atomic mass is 9.97. The lowest BCUT2D eigenvalue weighted by Crippen LogP contribution is -1.97. The molecule has 0 saturated carbocycles. The van der Waals surface area contributed by atoms with Crippen LogP contribution in [0.1, 0.15) is 47.5 Å². The molecule has 0 N–H and O–H groups in total. The zero-order valence-electron chi connectivity index (χ0n) is 13.2. The fraction of sp³-hybridized carbons (Fsp3) is 0.500. The predicted octanol–water partition coefficient (Wildman–Crippen LogP) is 5.52. The average molecular weight is 259 g/mol. The summed E-state index contributed by atoms with van der Waals surface area (Å²) < 4.78 is 0. The number of nitrogens with zero attached hydrogens (tertiary/aromatic N) is 1. The van der Waals surface area contributed by atoms with Gasteiger partial charge in [0.1, 0.15) is 0 Å². The van der Waals surface area contributed by atoms with Crippen LogP contribution in [0.25, 0.3) is 0 Å². The Bertz CT molecular complexity index is 378. The Kier molecular flexibility index (Phi) is 9.78. The number of rotatable bonds is 8. The standard InChI is InChI=1S/C18H29N/c1-7-10-17(12-11-15(4)5)18(16(6)9-3)14-19-13-8-2/h7,9,11-13,15H,1,8,10,14H2,2-6H3/b12-11-,16-9-,18-17+,19-13?. The molecule has 0 saturated heterocycles. The first-order valence-electron chi connectivity index (χ1n) is 7.19. The van der Waals surface area contributed by atoms with Crippen LogP contribution in [0.2, 0.25) is 0 Å². The number of aliphatic imine (C=N–C) groups is 1. The van der Waals surface area contributed by atoms with Crippen molar-refractivity contribution in [3.63, 3.8) is 0 Å². The second kappa shape index (κ2) is 10.5. The van der Waals surface area contributed by atoms with Crippen LogP contribution in [0, 0.1) is 5.92 Å². The van der Waals surface area contributed by atoms with E-state index in [0.717, 1.165) is 19.4 Å². The zero-order valence-corrected chi connectivity index (χ0v) is 13.2. The molecule has 0 aromatic carbocycles. The van der Waals surface area contributed by atoms with Gasteiger partial charge in [0, 0.05) is 0 Å². The molecule has 1 nitrogen and oxygen atoms in total. The Hall–Kier alpha value is -1.37. The number of allylic oxidation sites excluding steroid dienone is 5. The molecule has 0 aromatic heterocycles. The molecule has 0 aliphatic carbocycles. The van der Waals surface area contributed by atoms with Crippen LogP contribution in [-0.4, -0.2) is 12.8 Å². The van der Waals surface area contributed by atoms with Gasteiger partial charge in [-0.05, 0) is 50.0 Å². The summed E-state index contributed by atoms with van der Waals surface area (Å²) in [6.07, 6.45) is 12.5. The molecule has 1 heteroatoms. The molecule has 106 valence electrons. The minimum atomic E-state index is 0.561. The first-order chi connectivity index (χ1) is 9.06. The molecule has 0 atom stereocenters. The molecular weight excluding hydrogens is 230 g/mol. The van der Waals surface area contributed by atoms with Gasteiger partial charge in [-0.1, -0.05) is 50.6 Å². The van der Waals surface area contributed by atoms with Gasteiger partial charge in [0.25, 0.3) is 0 Å². The summed E-state index contributed by atoms with van der Waals surface area (Å²) in [6.45, 7) is 15.4. The second-order valence-electron chi connectivity index (χ2n) is 5.00. The molecule has 0 fully saturated rings. The average Bonchev–Trinajstić information content (AvgIpc) is 2.39. The van der Waals surface area contributed by atoms with Crippen LogP contribution < -0.4 is 0 Å². The maximum absolute atomic E-state index is 4.50. The van der Waals surface area contributed by atoms with Gasteiger partial charge in [0.05, 0.1) is 6.54 Å². The third kappa shape index (κ3) is 7.61. The minimum Gasteiger partial charge on any atom is -0.293 e. The van der Waals surface area contributed by atoms with Crippen molar-refractivity contribution < 1.29 is 0 Å². The van der Waals surface area contributed by atoms with Gasteiger partial charge in [0.15, 0.2) is 0 Å². The Morgan fingerprint density at radius 1 is 1.32 bits per heavy atom. The molecule has 0 aromatic rings. The molecule has 0 aliphatic rings. The zero-order chi connectivity index (χ0) is 14.7. The summed E-state index contributed by atoms with van der Waals surface area (Å²) in [5.41, 5.74) is 3.95. The van der Waals surface area contributed by atoms with Crippen LogP contribution in [-0.2, 0) is 0 Å². The Morgan fingerprint density at radius 3 is 2.47 bits per heavy atom. The molecule has 0 aliphatic heterocycles. The quantitative estimate of drug-likeness (QED) is 0.309. The van der Waals surface area contributed by atoms with Gasteiger partial charge in [-0.3, -0.25) is 4.99 Å². The summed E-state index contributed by atoms with van der Waals surface area (Å²) in [4.78, 5) is 4.50. The first-order valence-corrected chi connectivity index (χ1v) is 7.19. The van der Waals surface area contributed by atoms with Gasteiger partial charge >= 0.3 is 0 Å². The fourth-order valence-electron chi connectivity index (χ4n) is 1.69. The van der Waals surface area contributed by atoms with Gasteiger partial charge < -0.3 is 0 Å². The van der Waals surface area contributed by atoms with Crippen molar-refractivity contribution in [3.05, 3.63) is 47.6 Å². The minimum absolute atomic E-state index is 0.561. The van der Waals surface area contributed by atoms with E-state index in [1.54, 1.807) is 0 Å². The Labute approximate surface area is 119 Å². The van der Waals surface area contributed by atoms with E-state index in [1.807, 2.05) is 12.3 Å². The largest absolute Gasteiger partial charge is 0.293 e. The van der Waals surface area contributed by atoms with E-state index in [-0.39, 0.29) is 0 Å². The van der Waals surface area contributed by atoms with Crippen LogP contribution in [0.3, 0.4) is 0 Å². The highest BCUT2D eigenvalue weighted by atomic mass is 14.7. The van der Waals surface area contributed by atoms with Crippen molar-refractivity contribution in [2.24, 2.45) is 10.9 Å². The molecular formula is C18H29N. The molecule has 0 heterocycles. The van der Waals surface area contributed by atoms with Crippen LogP contribution >= 0.6 is 0 Å². The summed E-state index contributed by atoms with van der Waals surface area (Å²) >= 11 is 0. The molecule has 0 spiro atoms. The lowest BCUT2D eigenvalue weighted by Gasteiger charge is -2.11. The monoisotopic (exact) mass is 259 g/mol. The van der Waals surface area contributed by atoms with Crippen molar-refractivity contribution >= 4 is 6.21 Å². The maximum atomic E-state index is 4.50. The van der Waals surface area contributed by atoms with Crippen molar-refractivity contribution in [1.29, 1.82) is 0 Å². The molecule has 0 bridgehead atoms. The predicted molar refractivity (Wildman–Crippen MR) is 88.9 cm³/mol. The van der Waals surface area contributed by atoms with E-state index in [9.17, 15) is 0 Å². The highest BCUT2D eigenvalue weighted by Crippen LogP contribution is 2.20. The summed E-state index contributed by atoms with van der Waals surface area (Å²) in [7, 11) is 0. The van der Waals surface area contributed by atoms with Gasteiger partial charge in [-0.15, -0.1) is 6.58 Å². The van der Waals surface area contributed by atoms with Gasteiger partial charge in [-0.25, -0.2) is 0 Å². The van der Waals surface area contributed by atoms with Crippen molar-refractivity contribution in [1.82, 2.24) is 0 Å². The van der Waals surface area contributed by atoms with Crippen LogP contribution in [0.15, 0.2) is 52.6 Å². The summed E-state index contributed by atoms with van der Waals surface area (Å²) in [6, 6.07) is 0. The molecule has 0 radical (unpaired) electrons. The van der Waals surface area contributed by atoms with Crippen molar-refractivity contribution in [2.75, 3.05) is 6.54 Å². The Morgan fingerprint density at radius 2 is 2.00 bits per heavy atom. The van der Waals surface area contributed by atoms with E-state index in [1.165, 1.54) is 16.7 Å². The van der Waals surface area contributed by atoms with Gasteiger partial charge in [-0.2, -0.15) is 0 Å². The highest BCUT2D eigenvalue weighted by molar-refractivity contribution is 5.57. The maximum Gasteiger partial charge on any atom is 0.0641 e. The highest BCUT2D eigenvalue weighted by Gasteiger charge is 2.05. The molecule has 0 unspecified atom stereocenters. The van der Waals surface area contributed by atoms with E-state index in [4.69, 9.17) is 0 Å². The van der Waals surface area contributed by atoms with E-state index >= 15 is 0 Å². The molecule has 0 amide bonds. The fourth-order valence-corrected chi connectivity index (χ4v) is 1.69. The van der Waals surface area contributed by atoms with E-state index in [0.29, 0.717) is 5.92 Å². The smallest absolute Gasteiger partial charge is 0.0641 e. The van der Waals surface area contributed by atoms with E-state index in [2.05, 4.69) is 64.4 Å². The topological polar surface area (TPSA) is 12.4 Å². The number of hydrogen-bond acceptors (Lipinski definition) is 1. The van der Waals surface area contributed by atoms with E-state index < -0.39 is 0 Å². The second-order valence-corrected chi connectivity index (χ2v) is 5.00. The normalized spacial score (nSPS) is 14.5. The van der Waals surface area contributed by atoms with Crippen LogP contribution in [0.5, 0.6) is 0 Å². The molecule has 19 heavy (non-hydrogen) atoms. The SMILES string of the molecule is C=CCC(/C=C\C(C)C)=C(CN=CCC)\C(C)=C/C. The van der Waals surface area contributed by atoms with Crippen LogP contribution in [0.4, 0.5) is 0 Å². The first kappa shape index (κ1) is 17.6. The van der Waals surface area contributed by atoms with Gasteiger partial charge in [0.2, 0.25) is 0 Å². The third-order valence-corrected chi connectivity index (χ3v) is 2.90. The molecule has 0 rings (SSSR count). The lowest BCUT2D eigenvalue weighted by molar-refractivity contribution is 0.829. The van der Waals surface area contributed by atoms with Crippen molar-refractivity contribution in [2.45, 2.75) is 47.5 Å². The third-order valence-electron chi connectivity index (χ3n) is 2.90.